The lowest BCUT2D eigenvalue weighted by Gasteiger charge is -2.29. The second-order valence-corrected chi connectivity index (χ2v) is 6.70. The summed E-state index contributed by atoms with van der Waals surface area (Å²) in [5.74, 6) is 0. The van der Waals surface area contributed by atoms with E-state index >= 15 is 0 Å². The highest BCUT2D eigenvalue weighted by molar-refractivity contribution is 5.30. The Morgan fingerprint density at radius 3 is 2.17 bits per heavy atom. The molecular weight excluding hydrogens is 222 g/mol. The highest BCUT2D eigenvalue weighted by atomic mass is 16.3. The molecule has 2 N–H and O–H groups in total. The molecule has 0 aliphatic rings. The van der Waals surface area contributed by atoms with Gasteiger partial charge in [0.25, 0.3) is 0 Å². The van der Waals surface area contributed by atoms with E-state index in [1.54, 1.807) is 0 Å². The van der Waals surface area contributed by atoms with E-state index < -0.39 is 5.60 Å². The molecule has 2 heteroatoms. The Morgan fingerprint density at radius 2 is 1.67 bits per heavy atom. The van der Waals surface area contributed by atoms with Crippen molar-refractivity contribution in [3.05, 3.63) is 34.9 Å². The maximum atomic E-state index is 10.4. The Balaban J connectivity index is 2.67. The zero-order chi connectivity index (χ0) is 14.0. The van der Waals surface area contributed by atoms with Gasteiger partial charge in [-0.3, -0.25) is 0 Å². The van der Waals surface area contributed by atoms with Gasteiger partial charge in [0.05, 0.1) is 5.60 Å². The zero-order valence-electron chi connectivity index (χ0n) is 12.6. The molecule has 18 heavy (non-hydrogen) atoms. The van der Waals surface area contributed by atoms with Crippen LogP contribution in [0.4, 0.5) is 0 Å². The Kier molecular flexibility index (Phi) is 4.57. The first-order valence-corrected chi connectivity index (χ1v) is 6.63. The van der Waals surface area contributed by atoms with Crippen LogP contribution in [0.15, 0.2) is 18.2 Å². The molecule has 0 fully saturated rings. The van der Waals surface area contributed by atoms with Gasteiger partial charge in [-0.05, 0) is 58.2 Å². The molecule has 2 nitrogen and oxygen atoms in total. The number of rotatable bonds is 4. The van der Waals surface area contributed by atoms with Crippen LogP contribution in [-0.4, -0.2) is 22.8 Å². The van der Waals surface area contributed by atoms with Crippen LogP contribution < -0.4 is 5.32 Å². The molecule has 0 spiro atoms. The number of aliphatic hydroxyl groups is 1. The summed E-state index contributed by atoms with van der Waals surface area (Å²) >= 11 is 0. The van der Waals surface area contributed by atoms with Crippen LogP contribution >= 0.6 is 0 Å². The Labute approximate surface area is 111 Å². The monoisotopic (exact) mass is 249 g/mol. The van der Waals surface area contributed by atoms with E-state index in [0.29, 0.717) is 13.0 Å². The molecule has 0 radical (unpaired) electrons. The third-order valence-electron chi connectivity index (χ3n) is 3.16. The van der Waals surface area contributed by atoms with Gasteiger partial charge in [-0.25, -0.2) is 0 Å². The molecule has 0 aliphatic carbocycles. The predicted molar refractivity (Wildman–Crippen MR) is 78.0 cm³/mol. The molecule has 1 atom stereocenters. The van der Waals surface area contributed by atoms with Gasteiger partial charge in [0.2, 0.25) is 0 Å². The zero-order valence-corrected chi connectivity index (χ0v) is 12.6. The smallest absolute Gasteiger partial charge is 0.0783 e. The molecule has 1 aromatic rings. The lowest BCUT2D eigenvalue weighted by atomic mass is 9.93. The molecule has 1 aromatic carbocycles. The second-order valence-electron chi connectivity index (χ2n) is 6.70. The van der Waals surface area contributed by atoms with Gasteiger partial charge in [0.1, 0.15) is 0 Å². The van der Waals surface area contributed by atoms with Crippen molar-refractivity contribution >= 4 is 0 Å². The van der Waals surface area contributed by atoms with E-state index in [-0.39, 0.29) is 5.54 Å². The minimum absolute atomic E-state index is 0.0349. The van der Waals surface area contributed by atoms with Crippen molar-refractivity contribution in [3.8, 4) is 0 Å². The largest absolute Gasteiger partial charge is 0.389 e. The maximum Gasteiger partial charge on any atom is 0.0783 e. The Hall–Kier alpha value is -0.860. The molecule has 0 amide bonds. The first kappa shape index (κ1) is 15.2. The number of β-amino-alcohol motifs (C(OH)–C–C–N with tert-alkyl or cyclic N) is 1. The average Bonchev–Trinajstić information content (AvgIpc) is 2.20. The molecular formula is C16H27NO. The molecule has 0 heterocycles. The molecule has 0 aliphatic heterocycles. The molecule has 0 bridgehead atoms. The second kappa shape index (κ2) is 5.41. The van der Waals surface area contributed by atoms with E-state index in [2.05, 4.69) is 58.1 Å². The summed E-state index contributed by atoms with van der Waals surface area (Å²) in [4.78, 5) is 0. The minimum Gasteiger partial charge on any atom is -0.389 e. The summed E-state index contributed by atoms with van der Waals surface area (Å²) in [6, 6.07) is 6.40. The fourth-order valence-corrected chi connectivity index (χ4v) is 1.87. The lowest BCUT2D eigenvalue weighted by molar-refractivity contribution is 0.0535. The summed E-state index contributed by atoms with van der Waals surface area (Å²) < 4.78 is 0. The molecule has 0 saturated carbocycles. The van der Waals surface area contributed by atoms with Gasteiger partial charge < -0.3 is 10.4 Å². The summed E-state index contributed by atoms with van der Waals surface area (Å²) in [6.45, 7) is 13.0. The summed E-state index contributed by atoms with van der Waals surface area (Å²) in [6.07, 6.45) is 0.678. The minimum atomic E-state index is -0.713. The van der Waals surface area contributed by atoms with Crippen molar-refractivity contribution in [3.63, 3.8) is 0 Å². The molecule has 102 valence electrons. The van der Waals surface area contributed by atoms with Crippen molar-refractivity contribution in [2.24, 2.45) is 0 Å². The molecule has 1 rings (SSSR count). The highest BCUT2D eigenvalue weighted by Crippen LogP contribution is 2.17. The number of hydrogen-bond donors (Lipinski definition) is 2. The van der Waals surface area contributed by atoms with Gasteiger partial charge in [0.15, 0.2) is 0 Å². The third-order valence-corrected chi connectivity index (χ3v) is 3.16. The number of nitrogens with one attached hydrogen (secondary N) is 1. The van der Waals surface area contributed by atoms with Crippen molar-refractivity contribution in [1.82, 2.24) is 5.32 Å². The quantitative estimate of drug-likeness (QED) is 0.860. The van der Waals surface area contributed by atoms with Gasteiger partial charge in [-0.1, -0.05) is 18.2 Å². The van der Waals surface area contributed by atoms with Crippen molar-refractivity contribution in [2.75, 3.05) is 6.54 Å². The first-order valence-electron chi connectivity index (χ1n) is 6.63. The van der Waals surface area contributed by atoms with E-state index in [1.165, 1.54) is 16.7 Å². The fourth-order valence-electron chi connectivity index (χ4n) is 1.87. The van der Waals surface area contributed by atoms with Gasteiger partial charge in [-0.15, -0.1) is 0 Å². The normalized spacial score (nSPS) is 15.5. The predicted octanol–water partition coefficient (Wildman–Crippen LogP) is 2.99. The first-order chi connectivity index (χ1) is 8.09. The van der Waals surface area contributed by atoms with Crippen molar-refractivity contribution in [1.29, 1.82) is 0 Å². The number of hydrogen-bond acceptors (Lipinski definition) is 2. The van der Waals surface area contributed by atoms with Crippen LogP contribution in [-0.2, 0) is 6.42 Å². The van der Waals surface area contributed by atoms with E-state index in [1.807, 2.05) is 6.92 Å². The van der Waals surface area contributed by atoms with Crippen molar-refractivity contribution in [2.45, 2.75) is 59.1 Å². The van der Waals surface area contributed by atoms with Gasteiger partial charge >= 0.3 is 0 Å². The molecule has 0 aromatic heterocycles. The molecule has 1 unspecified atom stereocenters. The van der Waals surface area contributed by atoms with Crippen LogP contribution in [0, 0.1) is 13.8 Å². The maximum absolute atomic E-state index is 10.4. The Bertz CT molecular complexity index is 402. The Morgan fingerprint density at radius 1 is 1.06 bits per heavy atom. The summed E-state index contributed by atoms with van der Waals surface area (Å²) in [7, 11) is 0. The van der Waals surface area contributed by atoms with E-state index in [0.717, 1.165) is 0 Å². The van der Waals surface area contributed by atoms with E-state index in [9.17, 15) is 5.11 Å². The van der Waals surface area contributed by atoms with Crippen molar-refractivity contribution < 1.29 is 5.11 Å². The van der Waals surface area contributed by atoms with Crippen LogP contribution in [0.2, 0.25) is 0 Å². The summed E-state index contributed by atoms with van der Waals surface area (Å²) in [5, 5.41) is 13.8. The summed E-state index contributed by atoms with van der Waals surface area (Å²) in [5.41, 5.74) is 3.10. The van der Waals surface area contributed by atoms with Gasteiger partial charge in [-0.2, -0.15) is 0 Å². The number of aryl methyl sites for hydroxylation is 2. The van der Waals surface area contributed by atoms with E-state index in [4.69, 9.17) is 0 Å². The fraction of sp³-hybridized carbons (Fsp3) is 0.625. The van der Waals surface area contributed by atoms with Gasteiger partial charge in [0, 0.05) is 18.5 Å². The lowest BCUT2D eigenvalue weighted by Crippen LogP contribution is -2.47. The standard InChI is InChI=1S/C16H27NO/c1-12-7-8-14(9-13(12)2)10-16(6,18)11-17-15(3,4)5/h7-9,17-18H,10-11H2,1-6H3. The molecule has 0 saturated heterocycles. The topological polar surface area (TPSA) is 32.3 Å². The highest BCUT2D eigenvalue weighted by Gasteiger charge is 2.23. The van der Waals surface area contributed by atoms with Crippen LogP contribution in [0.3, 0.4) is 0 Å². The van der Waals surface area contributed by atoms with Crippen LogP contribution in [0.5, 0.6) is 0 Å². The van der Waals surface area contributed by atoms with Crippen LogP contribution in [0.25, 0.3) is 0 Å². The average molecular weight is 249 g/mol. The number of benzene rings is 1. The van der Waals surface area contributed by atoms with Crippen LogP contribution in [0.1, 0.15) is 44.4 Å². The third kappa shape index (κ3) is 5.19. The SMILES string of the molecule is Cc1ccc(CC(C)(O)CNC(C)(C)C)cc1C.